The summed E-state index contributed by atoms with van der Waals surface area (Å²) in [7, 11) is 0. The van der Waals surface area contributed by atoms with E-state index in [1.54, 1.807) is 0 Å². The second-order valence-corrected chi connectivity index (χ2v) is 10.1. The van der Waals surface area contributed by atoms with Gasteiger partial charge in [0.15, 0.2) is 0 Å². The van der Waals surface area contributed by atoms with E-state index in [1.165, 1.54) is 0 Å². The number of primary amides is 1. The molecule has 7 nitrogen and oxygen atoms in total. The van der Waals surface area contributed by atoms with Gasteiger partial charge in [-0.3, -0.25) is 14.6 Å². The van der Waals surface area contributed by atoms with Gasteiger partial charge in [-0.05, 0) is 60.6 Å². The number of anilines is 1. The summed E-state index contributed by atoms with van der Waals surface area (Å²) in [6.07, 6.45) is 5.94. The van der Waals surface area contributed by atoms with Crippen molar-refractivity contribution in [3.63, 3.8) is 0 Å². The number of piperidine rings is 1. The third-order valence-corrected chi connectivity index (χ3v) is 7.67. The molecule has 0 bridgehead atoms. The Bertz CT molecular complexity index is 1290. The number of aromatic nitrogens is 1. The van der Waals surface area contributed by atoms with E-state index in [0.717, 1.165) is 72.1 Å². The molecule has 2 N–H and O–H groups in total. The topological polar surface area (TPSA) is 88.8 Å². The van der Waals surface area contributed by atoms with Crippen molar-refractivity contribution in [2.45, 2.75) is 43.7 Å². The van der Waals surface area contributed by atoms with Crippen LogP contribution in [0.3, 0.4) is 0 Å². The lowest BCUT2D eigenvalue weighted by atomic mass is 9.88. The van der Waals surface area contributed by atoms with Gasteiger partial charge in [-0.2, -0.15) is 0 Å². The summed E-state index contributed by atoms with van der Waals surface area (Å²) in [4.78, 5) is 33.0. The second kappa shape index (κ2) is 8.64. The van der Waals surface area contributed by atoms with Gasteiger partial charge in [0.1, 0.15) is 6.61 Å². The Kier molecular flexibility index (Phi) is 5.44. The van der Waals surface area contributed by atoms with Crippen LogP contribution < -0.4 is 10.6 Å². The molecule has 2 amide bonds. The second-order valence-electron chi connectivity index (χ2n) is 10.1. The fraction of sp³-hybridized carbons (Fsp3) is 0.393. The molecular weight excluding hydrogens is 440 g/mol. The predicted octanol–water partition coefficient (Wildman–Crippen LogP) is 3.29. The Morgan fingerprint density at radius 1 is 1.09 bits per heavy atom. The molecule has 3 heterocycles. The summed E-state index contributed by atoms with van der Waals surface area (Å²) in [5, 5.41) is 1.11. The predicted molar refractivity (Wildman–Crippen MR) is 135 cm³/mol. The number of ether oxygens (including phenoxy) is 1. The van der Waals surface area contributed by atoms with E-state index < -0.39 is 0 Å². The minimum atomic E-state index is -0.336. The van der Waals surface area contributed by atoms with E-state index in [2.05, 4.69) is 46.3 Å². The van der Waals surface area contributed by atoms with Gasteiger partial charge in [0.25, 0.3) is 0 Å². The summed E-state index contributed by atoms with van der Waals surface area (Å²) in [5.41, 5.74) is 10.4. The zero-order chi connectivity index (χ0) is 24.0. The van der Waals surface area contributed by atoms with Crippen LogP contribution in [0.2, 0.25) is 0 Å². The molecule has 6 rings (SSSR count). The van der Waals surface area contributed by atoms with Gasteiger partial charge in [-0.1, -0.05) is 30.3 Å². The van der Waals surface area contributed by atoms with Crippen LogP contribution in [0.1, 0.15) is 31.2 Å². The quantitative estimate of drug-likeness (QED) is 0.618. The lowest BCUT2D eigenvalue weighted by molar-refractivity contribution is -0.168. The fourth-order valence-corrected chi connectivity index (χ4v) is 5.54. The van der Waals surface area contributed by atoms with E-state index >= 15 is 0 Å². The molecule has 1 saturated carbocycles. The van der Waals surface area contributed by atoms with Crippen molar-refractivity contribution in [1.29, 1.82) is 0 Å². The number of nitrogens with zero attached hydrogens (tertiary/aromatic N) is 3. The summed E-state index contributed by atoms with van der Waals surface area (Å²) >= 11 is 0. The average molecular weight is 471 g/mol. The van der Waals surface area contributed by atoms with Crippen LogP contribution in [-0.4, -0.2) is 59.6 Å². The smallest absolute Gasteiger partial charge is 0.248 e. The van der Waals surface area contributed by atoms with Crippen molar-refractivity contribution in [3.05, 3.63) is 60.3 Å². The van der Waals surface area contributed by atoms with Crippen LogP contribution in [0.4, 0.5) is 5.69 Å². The van der Waals surface area contributed by atoms with Gasteiger partial charge in [-0.15, -0.1) is 0 Å². The molecule has 1 aliphatic carbocycles. The number of carbonyl (C=O) groups is 2. The highest BCUT2D eigenvalue weighted by Gasteiger charge is 2.46. The molecule has 35 heavy (non-hydrogen) atoms. The number of rotatable bonds is 5. The summed E-state index contributed by atoms with van der Waals surface area (Å²) in [6, 6.07) is 17.0. The van der Waals surface area contributed by atoms with Crippen molar-refractivity contribution in [2.24, 2.45) is 5.73 Å². The zero-order valence-electron chi connectivity index (χ0n) is 19.8. The third-order valence-electron chi connectivity index (χ3n) is 7.67. The number of amides is 2. The van der Waals surface area contributed by atoms with Gasteiger partial charge in [-0.25, -0.2) is 0 Å². The van der Waals surface area contributed by atoms with E-state index in [1.807, 2.05) is 23.2 Å². The number of nitrogens with two attached hydrogens (primary N) is 1. The monoisotopic (exact) mass is 470 g/mol. The minimum Gasteiger partial charge on any atom is -0.371 e. The minimum absolute atomic E-state index is 0.127. The third kappa shape index (κ3) is 4.36. The molecule has 0 atom stereocenters. The van der Waals surface area contributed by atoms with Crippen LogP contribution in [-0.2, 0) is 20.7 Å². The van der Waals surface area contributed by atoms with Crippen molar-refractivity contribution in [2.75, 3.05) is 31.1 Å². The summed E-state index contributed by atoms with van der Waals surface area (Å²) in [6.45, 7) is 2.50. The molecule has 0 unspecified atom stereocenters. The molecule has 2 aliphatic heterocycles. The highest BCUT2D eigenvalue weighted by molar-refractivity contribution is 5.86. The molecule has 0 radical (unpaired) electrons. The summed E-state index contributed by atoms with van der Waals surface area (Å²) < 4.78 is 6.14. The lowest BCUT2D eigenvalue weighted by Gasteiger charge is -2.48. The first-order valence-corrected chi connectivity index (χ1v) is 12.4. The molecule has 3 aliphatic rings. The first-order chi connectivity index (χ1) is 17.0. The molecule has 2 saturated heterocycles. The van der Waals surface area contributed by atoms with Crippen LogP contribution in [0, 0.1) is 0 Å². The largest absolute Gasteiger partial charge is 0.371 e. The van der Waals surface area contributed by atoms with Gasteiger partial charge in [0, 0.05) is 36.4 Å². The Hall–Kier alpha value is -3.45. The van der Waals surface area contributed by atoms with E-state index in [4.69, 9.17) is 10.5 Å². The number of morpholine rings is 1. The zero-order valence-corrected chi connectivity index (χ0v) is 19.8. The molecule has 7 heteroatoms. The van der Waals surface area contributed by atoms with Gasteiger partial charge < -0.3 is 20.3 Å². The van der Waals surface area contributed by atoms with Gasteiger partial charge >= 0.3 is 0 Å². The maximum absolute atomic E-state index is 12.3. The first-order valence-electron chi connectivity index (χ1n) is 12.4. The Morgan fingerprint density at radius 2 is 1.86 bits per heavy atom. The number of benzene rings is 2. The van der Waals surface area contributed by atoms with Gasteiger partial charge in [0.05, 0.1) is 24.1 Å². The molecule has 1 spiro atoms. The van der Waals surface area contributed by atoms with Crippen molar-refractivity contribution >= 4 is 28.4 Å². The highest BCUT2D eigenvalue weighted by atomic mass is 16.5. The fourth-order valence-electron chi connectivity index (χ4n) is 5.54. The molecule has 3 aromatic rings. The van der Waals surface area contributed by atoms with Crippen LogP contribution in [0.25, 0.3) is 22.0 Å². The maximum atomic E-state index is 12.3. The lowest BCUT2D eigenvalue weighted by Crippen LogP contribution is -2.59. The number of fused-ring (bicyclic) bond motifs is 1. The number of carbonyl (C=O) groups excluding carboxylic acids is 2. The SMILES string of the molecule is NC(=O)Cc1ccc(-c2ccc3cccnc3c2)cc1N1CCC2(CC1)CN(C1CC1)C(=O)CO2. The van der Waals surface area contributed by atoms with E-state index in [-0.39, 0.29) is 30.4 Å². The molecule has 1 aromatic heterocycles. The van der Waals surface area contributed by atoms with Crippen LogP contribution >= 0.6 is 0 Å². The molecule has 3 fully saturated rings. The normalized spacial score (nSPS) is 19.9. The standard InChI is InChI=1S/C28H30N4O3/c29-26(33)16-22-6-5-21(20-4-3-19-2-1-11-30-24(19)14-20)15-25(22)31-12-9-28(10-13-31)18-32(23-7-8-23)27(34)17-35-28/h1-6,11,14-15,23H,7-10,12-13,16-18H2,(H2,29,33). The van der Waals surface area contributed by atoms with E-state index in [0.29, 0.717) is 12.6 Å². The Morgan fingerprint density at radius 3 is 2.63 bits per heavy atom. The van der Waals surface area contributed by atoms with Crippen molar-refractivity contribution in [3.8, 4) is 11.1 Å². The molecule has 2 aromatic carbocycles. The number of pyridine rings is 1. The Balaban J connectivity index is 1.27. The number of hydrogen-bond acceptors (Lipinski definition) is 5. The van der Waals surface area contributed by atoms with Gasteiger partial charge in [0.2, 0.25) is 11.8 Å². The highest BCUT2D eigenvalue weighted by Crippen LogP contribution is 2.38. The van der Waals surface area contributed by atoms with Crippen molar-refractivity contribution < 1.29 is 14.3 Å². The number of hydrogen-bond donors (Lipinski definition) is 1. The average Bonchev–Trinajstić information content (AvgIpc) is 3.71. The first kappa shape index (κ1) is 22.0. The van der Waals surface area contributed by atoms with Crippen molar-refractivity contribution in [1.82, 2.24) is 9.88 Å². The molecule has 180 valence electrons. The summed E-state index contributed by atoms with van der Waals surface area (Å²) in [5.74, 6) is -0.210. The molecular formula is C28H30N4O3. The van der Waals surface area contributed by atoms with Crippen LogP contribution in [0.5, 0.6) is 0 Å². The Labute approximate surface area is 204 Å². The maximum Gasteiger partial charge on any atom is 0.248 e. The van der Waals surface area contributed by atoms with Crippen LogP contribution in [0.15, 0.2) is 54.7 Å². The van der Waals surface area contributed by atoms with E-state index in [9.17, 15) is 9.59 Å².